The van der Waals surface area contributed by atoms with Crippen LogP contribution in [0.2, 0.25) is 0 Å². The molecule has 3 aromatic heterocycles. The third-order valence-corrected chi connectivity index (χ3v) is 7.94. The maximum absolute atomic E-state index is 11.9. The molecule has 0 unspecified atom stereocenters. The average molecular weight is 517 g/mol. The Labute approximate surface area is 210 Å². The first kappa shape index (κ1) is 24.7. The molecule has 2 saturated heterocycles. The quantitative estimate of drug-likeness (QED) is 0.371. The number of aromatic nitrogens is 6. The summed E-state index contributed by atoms with van der Waals surface area (Å²) in [7, 11) is -2.97. The minimum atomic E-state index is -2.97. The average Bonchev–Trinajstić information content (AvgIpc) is 3.24. The molecule has 5 heterocycles. The SMILES string of the molecule is CCOCCn1nc(CN2CCS(=O)(=O)CC2)c2nc(N3CCNCC3)nc(Nc3ccncn3)c21. The fourth-order valence-corrected chi connectivity index (χ4v) is 5.67. The van der Waals surface area contributed by atoms with E-state index >= 15 is 0 Å². The summed E-state index contributed by atoms with van der Waals surface area (Å²) in [5.41, 5.74) is 2.32. The van der Waals surface area contributed by atoms with Crippen molar-refractivity contribution < 1.29 is 13.2 Å². The Hall–Kier alpha value is -2.94. The zero-order valence-corrected chi connectivity index (χ0v) is 21.2. The fraction of sp³-hybridized carbons (Fsp3) is 0.591. The predicted molar refractivity (Wildman–Crippen MR) is 136 cm³/mol. The summed E-state index contributed by atoms with van der Waals surface area (Å²) in [6, 6.07) is 1.79. The molecule has 194 valence electrons. The summed E-state index contributed by atoms with van der Waals surface area (Å²) in [4.78, 5) is 22.5. The molecular formula is C22H32N10O3S. The van der Waals surface area contributed by atoms with Gasteiger partial charge in [0.25, 0.3) is 0 Å². The molecule has 0 bridgehead atoms. The van der Waals surface area contributed by atoms with E-state index in [2.05, 4.69) is 30.4 Å². The number of sulfone groups is 1. The van der Waals surface area contributed by atoms with Crippen molar-refractivity contribution in [2.75, 3.05) is 74.2 Å². The predicted octanol–water partition coefficient (Wildman–Crippen LogP) is 0.0364. The summed E-state index contributed by atoms with van der Waals surface area (Å²) in [5, 5.41) is 11.6. The molecule has 0 spiro atoms. The molecule has 2 aliphatic heterocycles. The van der Waals surface area contributed by atoms with Gasteiger partial charge in [0.05, 0.1) is 24.7 Å². The standard InChI is InChI=1S/C22H32N10O3S/c1-2-35-12-9-32-20-19(17(29-32)15-30-10-13-36(33,34)14-11-30)27-22(31-7-5-23-6-8-31)28-21(20)26-18-3-4-24-16-25-18/h3-4,16,23H,2,5-15H2,1H3,(H,24,25,26,27,28). The fourth-order valence-electron chi connectivity index (χ4n) is 4.39. The topological polar surface area (TPSA) is 143 Å². The summed E-state index contributed by atoms with van der Waals surface area (Å²) < 4.78 is 31.4. The van der Waals surface area contributed by atoms with Crippen LogP contribution in [-0.2, 0) is 27.7 Å². The number of nitrogens with one attached hydrogen (secondary N) is 2. The van der Waals surface area contributed by atoms with Crippen molar-refractivity contribution in [2.45, 2.75) is 20.0 Å². The Morgan fingerprint density at radius 2 is 1.94 bits per heavy atom. The van der Waals surface area contributed by atoms with Gasteiger partial charge in [-0.1, -0.05) is 0 Å². The van der Waals surface area contributed by atoms with Gasteiger partial charge < -0.3 is 20.3 Å². The third-order valence-electron chi connectivity index (χ3n) is 6.34. The van der Waals surface area contributed by atoms with Crippen molar-refractivity contribution in [1.82, 2.24) is 39.9 Å². The monoisotopic (exact) mass is 516 g/mol. The lowest BCUT2D eigenvalue weighted by Crippen LogP contribution is -2.44. The van der Waals surface area contributed by atoms with Gasteiger partial charge in [0.1, 0.15) is 28.9 Å². The first-order valence-corrected chi connectivity index (χ1v) is 14.1. The Morgan fingerprint density at radius 1 is 1.14 bits per heavy atom. The molecule has 0 atom stereocenters. The largest absolute Gasteiger partial charge is 0.380 e. The number of piperazine rings is 1. The molecule has 2 fully saturated rings. The highest BCUT2D eigenvalue weighted by Gasteiger charge is 2.26. The molecule has 36 heavy (non-hydrogen) atoms. The number of nitrogens with zero attached hydrogens (tertiary/aromatic N) is 8. The molecular weight excluding hydrogens is 484 g/mol. The van der Waals surface area contributed by atoms with Crippen LogP contribution in [0.3, 0.4) is 0 Å². The molecule has 14 heteroatoms. The van der Waals surface area contributed by atoms with Gasteiger partial charge in [-0.05, 0) is 13.0 Å². The van der Waals surface area contributed by atoms with Gasteiger partial charge in [0.2, 0.25) is 5.95 Å². The van der Waals surface area contributed by atoms with Crippen molar-refractivity contribution in [3.05, 3.63) is 24.3 Å². The highest BCUT2D eigenvalue weighted by atomic mass is 32.2. The molecule has 3 aromatic rings. The third kappa shape index (κ3) is 5.72. The van der Waals surface area contributed by atoms with Gasteiger partial charge in [-0.3, -0.25) is 9.58 Å². The van der Waals surface area contributed by atoms with Crippen LogP contribution in [-0.4, -0.2) is 107 Å². The van der Waals surface area contributed by atoms with E-state index in [9.17, 15) is 8.42 Å². The van der Waals surface area contributed by atoms with Gasteiger partial charge in [0.15, 0.2) is 15.7 Å². The normalized spacial score (nSPS) is 18.5. The maximum atomic E-state index is 11.9. The van der Waals surface area contributed by atoms with Gasteiger partial charge in [-0.25, -0.2) is 23.4 Å². The second-order valence-corrected chi connectivity index (χ2v) is 11.1. The second kappa shape index (κ2) is 11.0. The van der Waals surface area contributed by atoms with Crippen LogP contribution >= 0.6 is 0 Å². The molecule has 2 aliphatic rings. The number of anilines is 3. The summed E-state index contributed by atoms with van der Waals surface area (Å²) in [6.07, 6.45) is 3.16. The number of fused-ring (bicyclic) bond motifs is 1. The smallest absolute Gasteiger partial charge is 0.228 e. The Kier molecular flexibility index (Phi) is 7.55. The molecule has 0 amide bonds. The number of hydrogen-bond donors (Lipinski definition) is 2. The Balaban J connectivity index is 1.57. The number of hydrogen-bond acceptors (Lipinski definition) is 12. The Morgan fingerprint density at radius 3 is 2.67 bits per heavy atom. The van der Waals surface area contributed by atoms with Crippen molar-refractivity contribution in [1.29, 1.82) is 0 Å². The Bertz CT molecular complexity index is 1260. The van der Waals surface area contributed by atoms with Gasteiger partial charge in [-0.15, -0.1) is 0 Å². The first-order chi connectivity index (χ1) is 17.5. The minimum Gasteiger partial charge on any atom is -0.380 e. The zero-order valence-electron chi connectivity index (χ0n) is 20.4. The molecule has 0 radical (unpaired) electrons. The molecule has 0 saturated carbocycles. The van der Waals surface area contributed by atoms with Gasteiger partial charge >= 0.3 is 0 Å². The number of ether oxygens (including phenoxy) is 1. The van der Waals surface area contributed by atoms with Crippen LogP contribution in [0.4, 0.5) is 17.6 Å². The summed E-state index contributed by atoms with van der Waals surface area (Å²) in [5.74, 6) is 2.20. The minimum absolute atomic E-state index is 0.164. The second-order valence-electron chi connectivity index (χ2n) is 8.82. The van der Waals surface area contributed by atoms with Crippen LogP contribution in [0.5, 0.6) is 0 Å². The van der Waals surface area contributed by atoms with E-state index in [-0.39, 0.29) is 11.5 Å². The van der Waals surface area contributed by atoms with Crippen LogP contribution in [0.15, 0.2) is 18.6 Å². The number of rotatable bonds is 9. The molecule has 2 N–H and O–H groups in total. The van der Waals surface area contributed by atoms with Crippen molar-refractivity contribution in [3.8, 4) is 0 Å². The summed E-state index contributed by atoms with van der Waals surface area (Å²) in [6.45, 7) is 8.41. The molecule has 0 aromatic carbocycles. The van der Waals surface area contributed by atoms with Gasteiger partial charge in [0, 0.05) is 58.6 Å². The summed E-state index contributed by atoms with van der Waals surface area (Å²) >= 11 is 0. The highest BCUT2D eigenvalue weighted by Crippen LogP contribution is 2.29. The van der Waals surface area contributed by atoms with E-state index in [1.807, 2.05) is 11.6 Å². The molecule has 13 nitrogen and oxygen atoms in total. The molecule has 5 rings (SSSR count). The van der Waals surface area contributed by atoms with Crippen LogP contribution in [0, 0.1) is 0 Å². The van der Waals surface area contributed by atoms with E-state index in [1.165, 1.54) is 6.33 Å². The lowest BCUT2D eigenvalue weighted by molar-refractivity contribution is 0.137. The van der Waals surface area contributed by atoms with Crippen molar-refractivity contribution in [3.63, 3.8) is 0 Å². The molecule has 0 aliphatic carbocycles. The highest BCUT2D eigenvalue weighted by molar-refractivity contribution is 7.91. The van der Waals surface area contributed by atoms with Crippen LogP contribution in [0.1, 0.15) is 12.6 Å². The van der Waals surface area contributed by atoms with E-state index in [4.69, 9.17) is 19.8 Å². The van der Waals surface area contributed by atoms with E-state index < -0.39 is 9.84 Å². The first-order valence-electron chi connectivity index (χ1n) is 12.3. The van der Waals surface area contributed by atoms with Crippen molar-refractivity contribution in [2.24, 2.45) is 0 Å². The lowest BCUT2D eigenvalue weighted by atomic mass is 10.3. The van der Waals surface area contributed by atoms with E-state index in [0.29, 0.717) is 57.0 Å². The maximum Gasteiger partial charge on any atom is 0.228 e. The van der Waals surface area contributed by atoms with Crippen LogP contribution < -0.4 is 15.5 Å². The van der Waals surface area contributed by atoms with E-state index in [1.54, 1.807) is 12.3 Å². The van der Waals surface area contributed by atoms with Crippen molar-refractivity contribution >= 4 is 38.5 Å². The van der Waals surface area contributed by atoms with E-state index in [0.717, 1.165) is 42.9 Å². The zero-order chi connectivity index (χ0) is 25.0. The van der Waals surface area contributed by atoms with Crippen LogP contribution in [0.25, 0.3) is 11.0 Å². The van der Waals surface area contributed by atoms with Gasteiger partial charge in [-0.2, -0.15) is 10.1 Å². The lowest BCUT2D eigenvalue weighted by Gasteiger charge is -2.28.